The van der Waals surface area contributed by atoms with Gasteiger partial charge in [-0.05, 0) is 11.1 Å². The van der Waals surface area contributed by atoms with Crippen LogP contribution in [0.4, 0.5) is 0 Å². The summed E-state index contributed by atoms with van der Waals surface area (Å²) in [5, 5.41) is 0.514. The molecule has 1 aromatic carbocycles. The molecule has 2 aliphatic heterocycles. The molecule has 136 valence electrons. The molecule has 3 heterocycles. The van der Waals surface area contributed by atoms with Gasteiger partial charge in [-0.2, -0.15) is 0 Å². The van der Waals surface area contributed by atoms with E-state index in [4.69, 9.17) is 21.1 Å². The number of rotatable bonds is 3. The molecule has 0 bridgehead atoms. The van der Waals surface area contributed by atoms with E-state index < -0.39 is 0 Å². The second kappa shape index (κ2) is 7.64. The van der Waals surface area contributed by atoms with Crippen LogP contribution in [0.5, 0.6) is 5.75 Å². The lowest BCUT2D eigenvalue weighted by Gasteiger charge is -2.35. The summed E-state index contributed by atoms with van der Waals surface area (Å²) in [5.74, 6) is 0.735. The fourth-order valence-electron chi connectivity index (χ4n) is 3.54. The average Bonchev–Trinajstić information content (AvgIpc) is 2.69. The van der Waals surface area contributed by atoms with E-state index in [9.17, 15) is 4.79 Å². The number of aromatic nitrogens is 1. The highest BCUT2D eigenvalue weighted by Crippen LogP contribution is 2.27. The van der Waals surface area contributed by atoms with Crippen molar-refractivity contribution in [3.8, 4) is 5.75 Å². The SMILES string of the molecule is O=C([C@H]1Cc2ccccc2CO1)N1CCC(Oc2ccncc2Cl)CC1. The first-order chi connectivity index (χ1) is 12.7. The normalized spacial score (nSPS) is 20.5. The predicted molar refractivity (Wildman–Crippen MR) is 98.2 cm³/mol. The third-order valence-corrected chi connectivity index (χ3v) is 5.31. The Hall–Kier alpha value is -2.11. The van der Waals surface area contributed by atoms with Crippen LogP contribution in [0.1, 0.15) is 24.0 Å². The summed E-state index contributed by atoms with van der Waals surface area (Å²) in [6.45, 7) is 1.86. The van der Waals surface area contributed by atoms with Gasteiger partial charge in [0.2, 0.25) is 0 Å². The smallest absolute Gasteiger partial charge is 0.252 e. The molecule has 0 N–H and O–H groups in total. The average molecular weight is 373 g/mol. The molecule has 4 rings (SSSR count). The van der Waals surface area contributed by atoms with Gasteiger partial charge >= 0.3 is 0 Å². The lowest BCUT2D eigenvalue weighted by atomic mass is 9.98. The minimum atomic E-state index is -0.378. The van der Waals surface area contributed by atoms with Gasteiger partial charge in [0.05, 0.1) is 6.61 Å². The van der Waals surface area contributed by atoms with Crippen LogP contribution in [0.3, 0.4) is 0 Å². The number of hydrogen-bond donors (Lipinski definition) is 0. The van der Waals surface area contributed by atoms with E-state index in [0.717, 1.165) is 12.8 Å². The number of likely N-dealkylation sites (tertiary alicyclic amines) is 1. The minimum Gasteiger partial charge on any atom is -0.489 e. The molecule has 0 spiro atoms. The van der Waals surface area contributed by atoms with Crippen molar-refractivity contribution in [3.05, 3.63) is 58.9 Å². The second-order valence-corrected chi connectivity index (χ2v) is 7.13. The number of carbonyl (C=O) groups excluding carboxylic acids is 1. The van der Waals surface area contributed by atoms with E-state index in [0.29, 0.717) is 36.9 Å². The number of fused-ring (bicyclic) bond motifs is 1. The molecule has 1 amide bonds. The maximum absolute atomic E-state index is 12.8. The summed E-state index contributed by atoms with van der Waals surface area (Å²) in [6, 6.07) is 9.93. The lowest BCUT2D eigenvalue weighted by Crippen LogP contribution is -2.48. The van der Waals surface area contributed by atoms with Gasteiger partial charge in [0.25, 0.3) is 5.91 Å². The lowest BCUT2D eigenvalue weighted by molar-refractivity contribution is -0.147. The Morgan fingerprint density at radius 3 is 2.73 bits per heavy atom. The predicted octanol–water partition coefficient (Wildman–Crippen LogP) is 3.25. The molecule has 0 saturated carbocycles. The Morgan fingerprint density at radius 2 is 1.96 bits per heavy atom. The van der Waals surface area contributed by atoms with Crippen LogP contribution in [-0.4, -0.2) is 41.1 Å². The molecule has 2 aromatic rings. The summed E-state index contributed by atoms with van der Waals surface area (Å²) in [5.41, 5.74) is 2.39. The molecule has 1 aromatic heterocycles. The number of ether oxygens (including phenoxy) is 2. The number of halogens is 1. The largest absolute Gasteiger partial charge is 0.489 e. The molecule has 5 nitrogen and oxygen atoms in total. The zero-order valence-electron chi connectivity index (χ0n) is 14.4. The Labute approximate surface area is 157 Å². The van der Waals surface area contributed by atoms with Crippen molar-refractivity contribution in [1.29, 1.82) is 0 Å². The van der Waals surface area contributed by atoms with Gasteiger partial charge in [0.15, 0.2) is 0 Å². The van der Waals surface area contributed by atoms with E-state index in [-0.39, 0.29) is 18.1 Å². The number of benzene rings is 1. The number of hydrogen-bond acceptors (Lipinski definition) is 4. The number of piperidine rings is 1. The Kier molecular flexibility index (Phi) is 5.09. The molecular formula is C20H21ClN2O3. The summed E-state index contributed by atoms with van der Waals surface area (Å²) in [4.78, 5) is 18.7. The van der Waals surface area contributed by atoms with Gasteiger partial charge in [-0.25, -0.2) is 0 Å². The Balaban J connectivity index is 1.32. The number of carbonyl (C=O) groups is 1. The fourth-order valence-corrected chi connectivity index (χ4v) is 3.70. The van der Waals surface area contributed by atoms with Crippen molar-refractivity contribution in [2.24, 2.45) is 0 Å². The first-order valence-corrected chi connectivity index (χ1v) is 9.32. The Morgan fingerprint density at radius 1 is 1.19 bits per heavy atom. The van der Waals surface area contributed by atoms with Crippen LogP contribution in [0, 0.1) is 0 Å². The Bertz CT molecular complexity index is 790. The highest BCUT2D eigenvalue weighted by molar-refractivity contribution is 6.31. The first-order valence-electron chi connectivity index (χ1n) is 8.94. The molecule has 1 atom stereocenters. The van der Waals surface area contributed by atoms with Crippen LogP contribution in [0.25, 0.3) is 0 Å². The van der Waals surface area contributed by atoms with Crippen molar-refractivity contribution in [2.45, 2.75) is 38.1 Å². The number of amides is 1. The maximum Gasteiger partial charge on any atom is 0.252 e. The van der Waals surface area contributed by atoms with Gasteiger partial charge < -0.3 is 14.4 Å². The monoisotopic (exact) mass is 372 g/mol. The zero-order valence-corrected chi connectivity index (χ0v) is 15.2. The van der Waals surface area contributed by atoms with Crippen LogP contribution in [0.15, 0.2) is 42.7 Å². The molecule has 0 radical (unpaired) electrons. The minimum absolute atomic E-state index is 0.0620. The van der Waals surface area contributed by atoms with E-state index in [1.54, 1.807) is 18.5 Å². The van der Waals surface area contributed by atoms with E-state index in [2.05, 4.69) is 17.1 Å². The number of pyridine rings is 1. The molecule has 2 aliphatic rings. The number of nitrogens with zero attached hydrogens (tertiary/aromatic N) is 2. The zero-order chi connectivity index (χ0) is 17.9. The van der Waals surface area contributed by atoms with Crippen LogP contribution >= 0.6 is 11.6 Å². The summed E-state index contributed by atoms with van der Waals surface area (Å²) in [6.07, 6.45) is 5.15. The van der Waals surface area contributed by atoms with Crippen molar-refractivity contribution >= 4 is 17.5 Å². The van der Waals surface area contributed by atoms with E-state index >= 15 is 0 Å². The highest BCUT2D eigenvalue weighted by atomic mass is 35.5. The molecule has 26 heavy (non-hydrogen) atoms. The molecule has 0 unspecified atom stereocenters. The van der Waals surface area contributed by atoms with Crippen molar-refractivity contribution in [3.63, 3.8) is 0 Å². The van der Waals surface area contributed by atoms with Crippen LogP contribution in [-0.2, 0) is 22.6 Å². The van der Waals surface area contributed by atoms with Gasteiger partial charge in [-0.15, -0.1) is 0 Å². The summed E-state index contributed by atoms with van der Waals surface area (Å²) < 4.78 is 11.8. The molecule has 0 aliphatic carbocycles. The topological polar surface area (TPSA) is 51.7 Å². The summed E-state index contributed by atoms with van der Waals surface area (Å²) in [7, 11) is 0. The maximum atomic E-state index is 12.8. The molecule has 1 fully saturated rings. The van der Waals surface area contributed by atoms with E-state index in [1.807, 2.05) is 17.0 Å². The highest BCUT2D eigenvalue weighted by Gasteiger charge is 2.32. The van der Waals surface area contributed by atoms with Gasteiger partial charge in [-0.3, -0.25) is 9.78 Å². The molecule has 6 heteroatoms. The molecule has 1 saturated heterocycles. The standard InChI is InChI=1S/C20H21ClN2O3/c21-17-12-22-8-5-18(17)26-16-6-9-23(10-7-16)20(24)19-11-14-3-1-2-4-15(14)13-25-19/h1-5,8,12,16,19H,6-7,9-11,13H2/t19-/m1/s1. The molecular weight excluding hydrogens is 352 g/mol. The third kappa shape index (κ3) is 3.69. The first kappa shape index (κ1) is 17.3. The summed E-state index contributed by atoms with van der Waals surface area (Å²) >= 11 is 6.10. The van der Waals surface area contributed by atoms with Gasteiger partial charge in [0.1, 0.15) is 23.0 Å². The van der Waals surface area contributed by atoms with Crippen molar-refractivity contribution < 1.29 is 14.3 Å². The van der Waals surface area contributed by atoms with E-state index in [1.165, 1.54) is 11.1 Å². The van der Waals surface area contributed by atoms with Gasteiger partial charge in [-0.1, -0.05) is 35.9 Å². The third-order valence-electron chi connectivity index (χ3n) is 5.02. The quantitative estimate of drug-likeness (QED) is 0.830. The van der Waals surface area contributed by atoms with Crippen molar-refractivity contribution in [2.75, 3.05) is 13.1 Å². The second-order valence-electron chi connectivity index (χ2n) is 6.72. The van der Waals surface area contributed by atoms with Crippen LogP contribution in [0.2, 0.25) is 5.02 Å². The van der Waals surface area contributed by atoms with Crippen molar-refractivity contribution in [1.82, 2.24) is 9.88 Å². The fraction of sp³-hybridized carbons (Fsp3) is 0.400. The van der Waals surface area contributed by atoms with Gasteiger partial charge in [0, 0.05) is 50.8 Å². The van der Waals surface area contributed by atoms with Crippen LogP contribution < -0.4 is 4.74 Å².